The van der Waals surface area contributed by atoms with Crippen LogP contribution in [0.2, 0.25) is 0 Å². The summed E-state index contributed by atoms with van der Waals surface area (Å²) in [5.41, 5.74) is 0.832. The number of carbonyl (C=O) groups excluding carboxylic acids is 1. The number of ether oxygens (including phenoxy) is 2. The standard InChI is InChI=1S/C22H31NO5/c1-14(2)20-11-16-9-18(10-17(16)13-28-20)23(12-22(25)26)21(24)8-15-5-4-6-19(7-15)27-3/h4-7,14,16-18,20H,8-13H2,1-3H3,(H,25,26)/t16-,17+,18-,20-/m0/s1. The van der Waals surface area contributed by atoms with E-state index in [2.05, 4.69) is 13.8 Å². The molecule has 1 heterocycles. The first-order valence-electron chi connectivity index (χ1n) is 10.1. The zero-order valence-corrected chi connectivity index (χ0v) is 17.0. The van der Waals surface area contributed by atoms with Crippen LogP contribution in [0.1, 0.15) is 38.7 Å². The number of benzene rings is 1. The van der Waals surface area contributed by atoms with Gasteiger partial charge in [0.05, 0.1) is 26.2 Å². The van der Waals surface area contributed by atoms with Crippen LogP contribution >= 0.6 is 0 Å². The van der Waals surface area contributed by atoms with Crippen LogP contribution in [-0.2, 0) is 20.7 Å². The molecule has 1 aromatic rings. The summed E-state index contributed by atoms with van der Waals surface area (Å²) in [7, 11) is 1.59. The topological polar surface area (TPSA) is 76.1 Å². The number of aliphatic carboxylic acids is 1. The third-order valence-electron chi connectivity index (χ3n) is 6.18. The third kappa shape index (κ3) is 4.85. The van der Waals surface area contributed by atoms with Crippen molar-refractivity contribution in [3.8, 4) is 5.75 Å². The molecule has 6 heteroatoms. The quantitative estimate of drug-likeness (QED) is 0.776. The fourth-order valence-electron chi connectivity index (χ4n) is 4.63. The number of fused-ring (bicyclic) bond motifs is 1. The van der Waals surface area contributed by atoms with Crippen molar-refractivity contribution in [3.63, 3.8) is 0 Å². The molecule has 6 nitrogen and oxygen atoms in total. The van der Waals surface area contributed by atoms with E-state index in [4.69, 9.17) is 9.47 Å². The average molecular weight is 389 g/mol. The number of nitrogens with zero attached hydrogens (tertiary/aromatic N) is 1. The van der Waals surface area contributed by atoms with E-state index >= 15 is 0 Å². The van der Waals surface area contributed by atoms with Gasteiger partial charge in [-0.05, 0) is 54.7 Å². The van der Waals surface area contributed by atoms with Crippen LogP contribution in [0.4, 0.5) is 0 Å². The number of carbonyl (C=O) groups is 2. The molecule has 1 N–H and O–H groups in total. The SMILES string of the molecule is COc1cccc(CC(=O)N(CC(=O)O)[C@@H]2C[C@@H]3CO[C@H](C(C)C)C[C@@H]3C2)c1. The van der Waals surface area contributed by atoms with E-state index in [0.29, 0.717) is 23.5 Å². The summed E-state index contributed by atoms with van der Waals surface area (Å²) in [6.07, 6.45) is 3.15. The van der Waals surface area contributed by atoms with E-state index in [1.165, 1.54) is 0 Å². The summed E-state index contributed by atoms with van der Waals surface area (Å²) in [6.45, 7) is 4.81. The molecule has 1 saturated heterocycles. The highest BCUT2D eigenvalue weighted by atomic mass is 16.5. The lowest BCUT2D eigenvalue weighted by Gasteiger charge is -2.34. The molecule has 0 aromatic heterocycles. The average Bonchev–Trinajstić information content (AvgIpc) is 3.08. The van der Waals surface area contributed by atoms with E-state index in [0.717, 1.165) is 31.4 Å². The molecule has 1 aliphatic heterocycles. The Balaban J connectivity index is 1.70. The highest BCUT2D eigenvalue weighted by Gasteiger charge is 2.43. The number of carboxylic acids is 1. The Morgan fingerprint density at radius 3 is 2.68 bits per heavy atom. The third-order valence-corrected chi connectivity index (χ3v) is 6.18. The molecule has 1 aliphatic carbocycles. The van der Waals surface area contributed by atoms with Crippen LogP contribution in [0.25, 0.3) is 0 Å². The van der Waals surface area contributed by atoms with Gasteiger partial charge >= 0.3 is 5.97 Å². The van der Waals surface area contributed by atoms with Gasteiger partial charge in [0, 0.05) is 6.04 Å². The van der Waals surface area contributed by atoms with Gasteiger partial charge < -0.3 is 19.5 Å². The first-order valence-corrected chi connectivity index (χ1v) is 10.1. The highest BCUT2D eigenvalue weighted by molar-refractivity contribution is 5.83. The Labute approximate surface area is 166 Å². The van der Waals surface area contributed by atoms with Crippen molar-refractivity contribution in [1.29, 1.82) is 0 Å². The van der Waals surface area contributed by atoms with Crippen LogP contribution in [0.5, 0.6) is 5.75 Å². The van der Waals surface area contributed by atoms with Crippen molar-refractivity contribution in [2.75, 3.05) is 20.3 Å². The van der Waals surface area contributed by atoms with Gasteiger partial charge in [0.15, 0.2) is 0 Å². The Morgan fingerprint density at radius 1 is 1.25 bits per heavy atom. The lowest BCUT2D eigenvalue weighted by molar-refractivity contribution is -0.146. The molecule has 4 atom stereocenters. The summed E-state index contributed by atoms with van der Waals surface area (Å²) in [6, 6.07) is 7.34. The number of rotatable bonds is 7. The smallest absolute Gasteiger partial charge is 0.323 e. The van der Waals surface area contributed by atoms with Gasteiger partial charge in [0.1, 0.15) is 12.3 Å². The zero-order valence-electron chi connectivity index (χ0n) is 17.0. The van der Waals surface area contributed by atoms with Crippen LogP contribution in [0.15, 0.2) is 24.3 Å². The highest BCUT2D eigenvalue weighted by Crippen LogP contribution is 2.42. The monoisotopic (exact) mass is 389 g/mol. The Morgan fingerprint density at radius 2 is 2.00 bits per heavy atom. The summed E-state index contributed by atoms with van der Waals surface area (Å²) >= 11 is 0. The molecule has 2 aliphatic rings. The Hall–Kier alpha value is -2.08. The van der Waals surface area contributed by atoms with Gasteiger partial charge in [-0.3, -0.25) is 9.59 Å². The van der Waals surface area contributed by atoms with E-state index in [9.17, 15) is 14.7 Å². The zero-order chi connectivity index (χ0) is 20.3. The van der Waals surface area contributed by atoms with E-state index in [1.54, 1.807) is 12.0 Å². The maximum absolute atomic E-state index is 13.0. The maximum atomic E-state index is 13.0. The summed E-state index contributed by atoms with van der Waals surface area (Å²) in [4.78, 5) is 26.0. The molecular weight excluding hydrogens is 358 g/mol. The van der Waals surface area contributed by atoms with Gasteiger partial charge in [-0.2, -0.15) is 0 Å². The molecule has 0 radical (unpaired) electrons. The second kappa shape index (κ2) is 8.95. The molecule has 154 valence electrons. The van der Waals surface area contributed by atoms with E-state index in [-0.39, 0.29) is 31.0 Å². The molecule has 0 spiro atoms. The predicted octanol–water partition coefficient (Wildman–Crippen LogP) is 2.99. The van der Waals surface area contributed by atoms with Crippen molar-refractivity contribution in [3.05, 3.63) is 29.8 Å². The number of amides is 1. The number of hydrogen-bond acceptors (Lipinski definition) is 4. The van der Waals surface area contributed by atoms with Crippen molar-refractivity contribution in [1.82, 2.24) is 4.90 Å². The molecule has 2 fully saturated rings. The molecule has 1 aromatic carbocycles. The van der Waals surface area contributed by atoms with Crippen LogP contribution < -0.4 is 4.74 Å². The largest absolute Gasteiger partial charge is 0.497 e. The minimum Gasteiger partial charge on any atom is -0.497 e. The molecule has 1 amide bonds. The molecular formula is C22H31NO5. The second-order valence-electron chi connectivity index (χ2n) is 8.44. The van der Waals surface area contributed by atoms with Gasteiger partial charge in [0.2, 0.25) is 5.91 Å². The molecule has 1 saturated carbocycles. The van der Waals surface area contributed by atoms with Gasteiger partial charge in [-0.1, -0.05) is 26.0 Å². The van der Waals surface area contributed by atoms with Crippen molar-refractivity contribution in [2.24, 2.45) is 17.8 Å². The summed E-state index contributed by atoms with van der Waals surface area (Å²) < 4.78 is 11.2. The second-order valence-corrected chi connectivity index (χ2v) is 8.44. The number of hydrogen-bond donors (Lipinski definition) is 1. The minimum atomic E-state index is -0.967. The first kappa shape index (κ1) is 20.6. The van der Waals surface area contributed by atoms with Crippen molar-refractivity contribution < 1.29 is 24.2 Å². The van der Waals surface area contributed by atoms with Crippen LogP contribution in [0, 0.1) is 17.8 Å². The number of methoxy groups -OCH3 is 1. The van der Waals surface area contributed by atoms with Crippen LogP contribution in [0.3, 0.4) is 0 Å². The van der Waals surface area contributed by atoms with Gasteiger partial charge in [0.25, 0.3) is 0 Å². The van der Waals surface area contributed by atoms with Gasteiger partial charge in [-0.25, -0.2) is 0 Å². The maximum Gasteiger partial charge on any atom is 0.323 e. The fourth-order valence-corrected chi connectivity index (χ4v) is 4.63. The van der Waals surface area contributed by atoms with Crippen molar-refractivity contribution in [2.45, 2.75) is 51.7 Å². The fraction of sp³-hybridized carbons (Fsp3) is 0.636. The molecule has 0 bridgehead atoms. The lowest BCUT2D eigenvalue weighted by Crippen LogP contribution is -2.43. The van der Waals surface area contributed by atoms with Crippen molar-refractivity contribution >= 4 is 11.9 Å². The molecule has 0 unspecified atom stereocenters. The summed E-state index contributed by atoms with van der Waals surface area (Å²) in [5, 5.41) is 9.38. The van der Waals surface area contributed by atoms with E-state index < -0.39 is 5.97 Å². The van der Waals surface area contributed by atoms with Crippen LogP contribution in [-0.4, -0.2) is 54.3 Å². The lowest BCUT2D eigenvalue weighted by atomic mass is 9.85. The predicted molar refractivity (Wildman–Crippen MR) is 105 cm³/mol. The number of carboxylic acid groups (broad SMARTS) is 1. The van der Waals surface area contributed by atoms with E-state index in [1.807, 2.05) is 24.3 Å². The first-order chi connectivity index (χ1) is 13.4. The Kier molecular flexibility index (Phi) is 6.60. The molecule has 28 heavy (non-hydrogen) atoms. The van der Waals surface area contributed by atoms with Gasteiger partial charge in [-0.15, -0.1) is 0 Å². The normalized spacial score (nSPS) is 26.7. The molecule has 3 rings (SSSR count). The minimum absolute atomic E-state index is 0.0290. The summed E-state index contributed by atoms with van der Waals surface area (Å²) in [5.74, 6) is 0.988. The Bertz CT molecular complexity index is 704.